The van der Waals surface area contributed by atoms with E-state index in [0.717, 1.165) is 5.57 Å². The van der Waals surface area contributed by atoms with Gasteiger partial charge in [0.1, 0.15) is 0 Å². The first-order valence-corrected chi connectivity index (χ1v) is 7.88. The first kappa shape index (κ1) is 19.3. The van der Waals surface area contributed by atoms with Crippen LogP contribution in [0.5, 0.6) is 0 Å². The molecule has 0 fully saturated rings. The van der Waals surface area contributed by atoms with Gasteiger partial charge in [0.2, 0.25) is 0 Å². The fourth-order valence-electron chi connectivity index (χ4n) is 2.51. The van der Waals surface area contributed by atoms with Gasteiger partial charge in [-0.1, -0.05) is 57.3 Å². The Balaban J connectivity index is 2.99. The van der Waals surface area contributed by atoms with Crippen LogP contribution in [0.25, 0.3) is 0 Å². The molecule has 0 amide bonds. The Morgan fingerprint density at radius 3 is 2.33 bits per heavy atom. The summed E-state index contributed by atoms with van der Waals surface area (Å²) in [5.74, 6) is -0.385. The molecule has 0 spiro atoms. The van der Waals surface area contributed by atoms with Crippen LogP contribution in [-0.4, -0.2) is 11.6 Å². The van der Waals surface area contributed by atoms with Crippen molar-refractivity contribution in [3.63, 3.8) is 0 Å². The summed E-state index contributed by atoms with van der Waals surface area (Å²) < 4.78 is 0. The number of benzene rings is 1. The van der Waals surface area contributed by atoms with Crippen molar-refractivity contribution < 1.29 is 9.59 Å². The second-order valence-corrected chi connectivity index (χ2v) is 6.00. The van der Waals surface area contributed by atoms with Gasteiger partial charge >= 0.3 is 0 Å². The Morgan fingerprint density at radius 2 is 1.83 bits per heavy atom. The maximum Gasteiger partial charge on any atom is 0.166 e. The minimum atomic E-state index is -0.260. The molecule has 0 aliphatic rings. The second-order valence-electron chi connectivity index (χ2n) is 6.00. The third kappa shape index (κ3) is 4.89. The fourth-order valence-corrected chi connectivity index (χ4v) is 2.51. The van der Waals surface area contributed by atoms with E-state index in [1.54, 1.807) is 36.4 Å². The fraction of sp³-hybridized carbons (Fsp3) is 0.286. The minimum Gasteiger partial charge on any atom is -0.294 e. The highest BCUT2D eigenvalue weighted by atomic mass is 16.1. The average molecular weight is 321 g/mol. The molecule has 0 aliphatic carbocycles. The summed E-state index contributed by atoms with van der Waals surface area (Å²) in [4.78, 5) is 24.5. The molecule has 1 aromatic carbocycles. The van der Waals surface area contributed by atoms with Crippen molar-refractivity contribution in [3.05, 3.63) is 71.8 Å². The summed E-state index contributed by atoms with van der Waals surface area (Å²) >= 11 is 0. The number of Topliss-reactive ketones (excluding diaryl/α,β-unsaturated/α-hetero) is 2. The number of nitrogens with zero attached hydrogens (tertiary/aromatic N) is 1. The van der Waals surface area contributed by atoms with Gasteiger partial charge in [0, 0.05) is 22.6 Å². The third-order valence-electron chi connectivity index (χ3n) is 4.16. The monoisotopic (exact) mass is 321 g/mol. The van der Waals surface area contributed by atoms with Crippen LogP contribution in [0.3, 0.4) is 0 Å². The molecule has 0 N–H and O–H groups in total. The molecule has 24 heavy (non-hydrogen) atoms. The highest BCUT2D eigenvalue weighted by Crippen LogP contribution is 2.26. The van der Waals surface area contributed by atoms with Gasteiger partial charge in [0.15, 0.2) is 11.6 Å². The minimum absolute atomic E-state index is 0.0354. The third-order valence-corrected chi connectivity index (χ3v) is 4.16. The maximum atomic E-state index is 12.8. The van der Waals surface area contributed by atoms with Crippen molar-refractivity contribution in [1.82, 2.24) is 0 Å². The van der Waals surface area contributed by atoms with Crippen LogP contribution >= 0.6 is 0 Å². The summed E-state index contributed by atoms with van der Waals surface area (Å²) in [5, 5.41) is 8.83. The number of carbonyl (C=O) groups is 2. The van der Waals surface area contributed by atoms with Crippen molar-refractivity contribution in [1.29, 1.82) is 5.26 Å². The average Bonchev–Trinajstić information content (AvgIpc) is 2.59. The van der Waals surface area contributed by atoms with Crippen molar-refractivity contribution in [2.24, 2.45) is 11.8 Å². The lowest BCUT2D eigenvalue weighted by Crippen LogP contribution is -2.21. The number of hydrogen-bond donors (Lipinski definition) is 0. The highest BCUT2D eigenvalue weighted by molar-refractivity contribution is 6.08. The van der Waals surface area contributed by atoms with E-state index in [0.29, 0.717) is 23.1 Å². The number of hydrogen-bond acceptors (Lipinski definition) is 3. The molecule has 0 aromatic heterocycles. The molecule has 0 aliphatic heterocycles. The SMILES string of the molecule is C=C/C(=C\C(=C)C#N)CC(C)C(C)C(=O)c1ccccc1C(C)=O. The van der Waals surface area contributed by atoms with Crippen molar-refractivity contribution in [2.75, 3.05) is 0 Å². The molecule has 0 saturated carbocycles. The molecule has 0 saturated heterocycles. The predicted molar refractivity (Wildman–Crippen MR) is 96.8 cm³/mol. The van der Waals surface area contributed by atoms with Gasteiger partial charge in [-0.25, -0.2) is 0 Å². The molecule has 2 unspecified atom stereocenters. The first-order chi connectivity index (χ1) is 11.3. The summed E-state index contributed by atoms with van der Waals surface area (Å²) in [6.45, 7) is 12.7. The molecule has 3 nitrogen and oxygen atoms in total. The Hall–Kier alpha value is -2.73. The highest BCUT2D eigenvalue weighted by Gasteiger charge is 2.24. The second kappa shape index (κ2) is 8.79. The molecule has 0 bridgehead atoms. The largest absolute Gasteiger partial charge is 0.294 e. The number of ketones is 2. The number of rotatable bonds is 8. The molecule has 1 rings (SSSR count). The van der Waals surface area contributed by atoms with E-state index in [1.165, 1.54) is 6.92 Å². The van der Waals surface area contributed by atoms with Gasteiger partial charge in [-0.2, -0.15) is 5.26 Å². The Labute approximate surface area is 144 Å². The Bertz CT molecular complexity index is 734. The van der Waals surface area contributed by atoms with Gasteiger partial charge in [0.25, 0.3) is 0 Å². The first-order valence-electron chi connectivity index (χ1n) is 7.88. The van der Waals surface area contributed by atoms with Crippen molar-refractivity contribution in [2.45, 2.75) is 27.2 Å². The normalized spacial score (nSPS) is 13.5. The van der Waals surface area contributed by atoms with Crippen LogP contribution in [-0.2, 0) is 0 Å². The maximum absolute atomic E-state index is 12.8. The van der Waals surface area contributed by atoms with E-state index in [4.69, 9.17) is 5.26 Å². The van der Waals surface area contributed by atoms with E-state index >= 15 is 0 Å². The molecule has 0 heterocycles. The van der Waals surface area contributed by atoms with E-state index in [-0.39, 0.29) is 23.4 Å². The molecular formula is C21H23NO2. The predicted octanol–water partition coefficient (Wildman–Crippen LogP) is 4.93. The van der Waals surface area contributed by atoms with Crippen LogP contribution in [0.1, 0.15) is 47.9 Å². The van der Waals surface area contributed by atoms with Crippen molar-refractivity contribution in [3.8, 4) is 6.07 Å². The standard InChI is InChI=1S/C21H23NO2/c1-6-18(11-14(2)13-22)12-15(3)16(4)21(24)20-10-8-7-9-19(20)17(5)23/h6-11,15-16H,1-2,12H2,3-5H3/b18-11+. The van der Waals surface area contributed by atoms with E-state index in [1.807, 2.05) is 19.9 Å². The van der Waals surface area contributed by atoms with Gasteiger partial charge in [-0.15, -0.1) is 0 Å². The Morgan fingerprint density at radius 1 is 1.25 bits per heavy atom. The summed E-state index contributed by atoms with van der Waals surface area (Å²) in [5.41, 5.74) is 2.15. The molecule has 1 aromatic rings. The summed E-state index contributed by atoms with van der Waals surface area (Å²) in [6.07, 6.45) is 3.98. The van der Waals surface area contributed by atoms with Gasteiger partial charge in [-0.05, 0) is 30.9 Å². The van der Waals surface area contributed by atoms with Crippen molar-refractivity contribution >= 4 is 11.6 Å². The molecule has 0 radical (unpaired) electrons. The Kier molecular flexibility index (Phi) is 7.07. The van der Waals surface area contributed by atoms with Crippen LogP contribution in [0, 0.1) is 23.2 Å². The van der Waals surface area contributed by atoms with E-state index in [2.05, 4.69) is 13.2 Å². The van der Waals surface area contributed by atoms with Crippen LogP contribution in [0.4, 0.5) is 0 Å². The molecular weight excluding hydrogens is 298 g/mol. The molecule has 3 heteroatoms. The van der Waals surface area contributed by atoms with Gasteiger partial charge in [-0.3, -0.25) is 9.59 Å². The number of allylic oxidation sites excluding steroid dienone is 4. The zero-order valence-electron chi connectivity index (χ0n) is 14.5. The smallest absolute Gasteiger partial charge is 0.166 e. The van der Waals surface area contributed by atoms with Crippen LogP contribution in [0.2, 0.25) is 0 Å². The van der Waals surface area contributed by atoms with Gasteiger partial charge in [0.05, 0.1) is 6.07 Å². The lowest BCUT2D eigenvalue weighted by molar-refractivity contribution is 0.0884. The van der Waals surface area contributed by atoms with E-state index in [9.17, 15) is 9.59 Å². The van der Waals surface area contributed by atoms with E-state index < -0.39 is 0 Å². The topological polar surface area (TPSA) is 57.9 Å². The molecule has 2 atom stereocenters. The number of nitriles is 1. The van der Waals surface area contributed by atoms with Crippen LogP contribution < -0.4 is 0 Å². The molecule has 124 valence electrons. The number of carbonyl (C=O) groups excluding carboxylic acids is 2. The summed E-state index contributed by atoms with van der Waals surface area (Å²) in [6, 6.07) is 8.88. The zero-order valence-corrected chi connectivity index (χ0v) is 14.5. The summed E-state index contributed by atoms with van der Waals surface area (Å²) in [7, 11) is 0. The lowest BCUT2D eigenvalue weighted by Gasteiger charge is -2.20. The van der Waals surface area contributed by atoms with Crippen LogP contribution in [0.15, 0.2) is 60.7 Å². The van der Waals surface area contributed by atoms with Gasteiger partial charge < -0.3 is 0 Å². The lowest BCUT2D eigenvalue weighted by atomic mass is 9.82. The zero-order chi connectivity index (χ0) is 18.3. The quantitative estimate of drug-likeness (QED) is 0.387.